The first-order valence-electron chi connectivity index (χ1n) is 10.4. The molecule has 1 heterocycles. The Labute approximate surface area is 178 Å². The van der Waals surface area contributed by atoms with E-state index in [9.17, 15) is 0 Å². The van der Waals surface area contributed by atoms with Crippen molar-refractivity contribution in [3.8, 4) is 27.5 Å². The van der Waals surface area contributed by atoms with E-state index in [0.29, 0.717) is 11.8 Å². The number of hydrogen-bond donors (Lipinski definition) is 0. The summed E-state index contributed by atoms with van der Waals surface area (Å²) < 4.78 is 2.50. The summed E-state index contributed by atoms with van der Waals surface area (Å²) in [5.74, 6) is 0.895. The summed E-state index contributed by atoms with van der Waals surface area (Å²) in [6, 6.07) is 28.3. The Morgan fingerprint density at radius 1 is 0.621 bits per heavy atom. The van der Waals surface area contributed by atoms with Gasteiger partial charge in [-0.25, -0.2) is 0 Å². The molecule has 0 saturated heterocycles. The van der Waals surface area contributed by atoms with E-state index in [1.807, 2.05) is 11.3 Å². The highest BCUT2D eigenvalue weighted by molar-refractivity contribution is 7.13. The third kappa shape index (κ3) is 3.77. The monoisotopic (exact) mass is 398 g/mol. The fourth-order valence-corrected chi connectivity index (χ4v) is 4.93. The molecule has 0 atom stereocenters. The zero-order chi connectivity index (χ0) is 20.4. The van der Waals surface area contributed by atoms with Gasteiger partial charge in [0.15, 0.2) is 0 Å². The fourth-order valence-electron chi connectivity index (χ4n) is 3.90. The minimum atomic E-state index is 0.448. The molecule has 1 aromatic heterocycles. The first-order chi connectivity index (χ1) is 14.1. The van der Waals surface area contributed by atoms with Crippen LogP contribution in [0, 0.1) is 0 Å². The number of hydrogen-bond acceptors (Lipinski definition) is 1. The predicted octanol–water partition coefficient (Wildman–Crippen LogP) is 7.61. The van der Waals surface area contributed by atoms with E-state index in [1.165, 1.54) is 38.6 Å². The van der Waals surface area contributed by atoms with E-state index in [1.54, 1.807) is 0 Å². The van der Waals surface area contributed by atoms with E-state index >= 15 is 0 Å². The van der Waals surface area contributed by atoms with Crippen LogP contribution in [0.3, 0.4) is 0 Å². The molecule has 2 heteroatoms. The van der Waals surface area contributed by atoms with Gasteiger partial charge in [0.05, 0.1) is 10.9 Å². The van der Waals surface area contributed by atoms with Crippen molar-refractivity contribution in [2.24, 2.45) is 0 Å². The SMILES string of the molecule is CC(C)c1cccc(C(C)C)c1-[n+]1c(-c2ccccc2)csc1-c1ccccc1. The van der Waals surface area contributed by atoms with Gasteiger partial charge >= 0.3 is 0 Å². The van der Waals surface area contributed by atoms with Crippen LogP contribution in [0.5, 0.6) is 0 Å². The molecule has 3 aromatic carbocycles. The summed E-state index contributed by atoms with van der Waals surface area (Å²) in [7, 11) is 0. The van der Waals surface area contributed by atoms with Gasteiger partial charge < -0.3 is 0 Å². The Balaban J connectivity index is 2.09. The molecular weight excluding hydrogens is 370 g/mol. The molecule has 4 rings (SSSR count). The van der Waals surface area contributed by atoms with Crippen molar-refractivity contribution in [2.45, 2.75) is 39.5 Å². The second-order valence-electron chi connectivity index (χ2n) is 8.09. The molecule has 0 saturated carbocycles. The molecule has 146 valence electrons. The van der Waals surface area contributed by atoms with Gasteiger partial charge in [-0.05, 0) is 36.1 Å². The minimum absolute atomic E-state index is 0.448. The van der Waals surface area contributed by atoms with Crippen LogP contribution in [0.1, 0.15) is 50.7 Å². The van der Waals surface area contributed by atoms with Gasteiger partial charge in [0.25, 0.3) is 5.01 Å². The summed E-state index contributed by atoms with van der Waals surface area (Å²) in [6.07, 6.45) is 0. The zero-order valence-electron chi connectivity index (χ0n) is 17.6. The van der Waals surface area contributed by atoms with Gasteiger partial charge in [0.1, 0.15) is 0 Å². The van der Waals surface area contributed by atoms with Gasteiger partial charge in [0, 0.05) is 16.7 Å². The molecule has 1 nitrogen and oxygen atoms in total. The van der Waals surface area contributed by atoms with Gasteiger partial charge in [-0.2, -0.15) is 0 Å². The van der Waals surface area contributed by atoms with Crippen LogP contribution in [0.2, 0.25) is 0 Å². The normalized spacial score (nSPS) is 11.4. The largest absolute Gasteiger partial charge is 0.275 e. The lowest BCUT2D eigenvalue weighted by Crippen LogP contribution is -2.36. The topological polar surface area (TPSA) is 3.88 Å². The van der Waals surface area contributed by atoms with Gasteiger partial charge in [-0.3, -0.25) is 0 Å². The van der Waals surface area contributed by atoms with Crippen molar-refractivity contribution >= 4 is 11.3 Å². The molecule has 0 N–H and O–H groups in total. The molecule has 4 aromatic rings. The molecule has 29 heavy (non-hydrogen) atoms. The Bertz CT molecular complexity index is 1010. The summed E-state index contributed by atoms with van der Waals surface area (Å²) in [4.78, 5) is 0. The number of thiazole rings is 1. The van der Waals surface area contributed by atoms with Crippen molar-refractivity contribution in [1.82, 2.24) is 0 Å². The van der Waals surface area contributed by atoms with Crippen LogP contribution in [-0.4, -0.2) is 0 Å². The molecule has 0 aliphatic carbocycles. The number of para-hydroxylation sites is 1. The van der Waals surface area contributed by atoms with E-state index < -0.39 is 0 Å². The molecule has 0 spiro atoms. The van der Waals surface area contributed by atoms with Crippen LogP contribution in [0.4, 0.5) is 0 Å². The second-order valence-corrected chi connectivity index (χ2v) is 8.95. The first kappa shape index (κ1) is 19.6. The van der Waals surface area contributed by atoms with Gasteiger partial charge in [0.2, 0.25) is 11.4 Å². The number of nitrogens with zero attached hydrogens (tertiary/aromatic N) is 1. The Morgan fingerprint density at radius 3 is 1.66 bits per heavy atom. The molecule has 0 bridgehead atoms. The molecule has 0 unspecified atom stereocenters. The number of rotatable bonds is 5. The summed E-state index contributed by atoms with van der Waals surface area (Å²) in [5, 5.41) is 3.58. The summed E-state index contributed by atoms with van der Waals surface area (Å²) >= 11 is 1.82. The average Bonchev–Trinajstić information content (AvgIpc) is 3.19. The number of aromatic nitrogens is 1. The van der Waals surface area contributed by atoms with Crippen molar-refractivity contribution in [3.05, 3.63) is 95.4 Å². The Hall–Kier alpha value is -2.71. The van der Waals surface area contributed by atoms with E-state index in [2.05, 4.69) is 117 Å². The lowest BCUT2D eigenvalue weighted by Gasteiger charge is -2.16. The lowest BCUT2D eigenvalue weighted by atomic mass is 9.92. The first-order valence-corrected chi connectivity index (χ1v) is 11.2. The zero-order valence-corrected chi connectivity index (χ0v) is 18.4. The Kier molecular flexibility index (Phi) is 5.64. The van der Waals surface area contributed by atoms with Crippen molar-refractivity contribution in [3.63, 3.8) is 0 Å². The van der Waals surface area contributed by atoms with E-state index in [0.717, 1.165) is 0 Å². The third-order valence-electron chi connectivity index (χ3n) is 5.38. The van der Waals surface area contributed by atoms with Crippen LogP contribution in [-0.2, 0) is 0 Å². The lowest BCUT2D eigenvalue weighted by molar-refractivity contribution is -0.568. The van der Waals surface area contributed by atoms with E-state index in [-0.39, 0.29) is 0 Å². The van der Waals surface area contributed by atoms with Crippen LogP contribution in [0.25, 0.3) is 27.5 Å². The predicted molar refractivity (Wildman–Crippen MR) is 125 cm³/mol. The third-order valence-corrected chi connectivity index (χ3v) is 6.37. The van der Waals surface area contributed by atoms with Gasteiger partial charge in [-0.15, -0.1) is 4.57 Å². The standard InChI is InChI=1S/C27H28NS/c1-19(2)23-16-11-17-24(20(3)4)26(23)28-25(21-12-7-5-8-13-21)18-29-27(28)22-14-9-6-10-15-22/h5-20H,1-4H3/q+1. The maximum absolute atomic E-state index is 2.50. The van der Waals surface area contributed by atoms with Crippen molar-refractivity contribution < 1.29 is 4.57 Å². The highest BCUT2D eigenvalue weighted by Gasteiger charge is 2.31. The van der Waals surface area contributed by atoms with Crippen LogP contribution < -0.4 is 4.57 Å². The maximum Gasteiger partial charge on any atom is 0.275 e. The molecule has 0 aliphatic rings. The number of benzene rings is 3. The van der Waals surface area contributed by atoms with Gasteiger partial charge in [-0.1, -0.05) is 93.6 Å². The van der Waals surface area contributed by atoms with Crippen molar-refractivity contribution in [1.29, 1.82) is 0 Å². The maximum atomic E-state index is 2.50. The Morgan fingerprint density at radius 2 is 1.14 bits per heavy atom. The van der Waals surface area contributed by atoms with Crippen LogP contribution in [0.15, 0.2) is 84.2 Å². The highest BCUT2D eigenvalue weighted by atomic mass is 32.1. The average molecular weight is 399 g/mol. The van der Waals surface area contributed by atoms with Crippen LogP contribution >= 0.6 is 11.3 Å². The second kappa shape index (κ2) is 8.34. The smallest absolute Gasteiger partial charge is 0.142 e. The van der Waals surface area contributed by atoms with Crippen molar-refractivity contribution in [2.75, 3.05) is 0 Å². The molecule has 0 radical (unpaired) electrons. The summed E-state index contributed by atoms with van der Waals surface area (Å²) in [5.41, 5.74) is 7.90. The van der Waals surface area contributed by atoms with E-state index in [4.69, 9.17) is 0 Å². The summed E-state index contributed by atoms with van der Waals surface area (Å²) in [6.45, 7) is 9.17. The highest BCUT2D eigenvalue weighted by Crippen LogP contribution is 2.34. The minimum Gasteiger partial charge on any atom is -0.142 e. The fraction of sp³-hybridized carbons (Fsp3) is 0.222. The molecular formula is C27H28NS+. The molecule has 0 aliphatic heterocycles. The molecule has 0 amide bonds. The molecule has 0 fully saturated rings. The quantitative estimate of drug-likeness (QED) is 0.305.